The first-order valence-corrected chi connectivity index (χ1v) is 8.79. The van der Waals surface area contributed by atoms with Crippen LogP contribution in [0.25, 0.3) is 0 Å². The third kappa shape index (κ3) is 2.76. The second kappa shape index (κ2) is 6.12. The van der Waals surface area contributed by atoms with Crippen molar-refractivity contribution in [2.75, 3.05) is 11.4 Å². The van der Waals surface area contributed by atoms with Gasteiger partial charge in [0, 0.05) is 13.1 Å². The zero-order valence-electron chi connectivity index (χ0n) is 14.7. The van der Waals surface area contributed by atoms with E-state index < -0.39 is 0 Å². The van der Waals surface area contributed by atoms with Crippen LogP contribution in [0.2, 0.25) is 0 Å². The zero-order valence-corrected chi connectivity index (χ0v) is 14.7. The zero-order chi connectivity index (χ0) is 17.6. The molecule has 1 fully saturated rings. The predicted molar refractivity (Wildman–Crippen MR) is 97.4 cm³/mol. The highest BCUT2D eigenvalue weighted by Gasteiger charge is 2.43. The fourth-order valence-corrected chi connectivity index (χ4v) is 3.90. The smallest absolute Gasteiger partial charge is 0.251 e. The van der Waals surface area contributed by atoms with Crippen molar-refractivity contribution in [3.05, 3.63) is 64.7 Å². The van der Waals surface area contributed by atoms with Gasteiger partial charge in [-0.05, 0) is 48.6 Å². The van der Waals surface area contributed by atoms with Crippen molar-refractivity contribution >= 4 is 17.5 Å². The number of aryl methyl sites for hydroxylation is 2. The Bertz CT molecular complexity index is 859. The van der Waals surface area contributed by atoms with Gasteiger partial charge in [-0.15, -0.1) is 0 Å². The van der Waals surface area contributed by atoms with Crippen LogP contribution in [-0.2, 0) is 22.6 Å². The van der Waals surface area contributed by atoms with E-state index in [-0.39, 0.29) is 24.3 Å². The van der Waals surface area contributed by atoms with Gasteiger partial charge >= 0.3 is 0 Å². The molecular formula is C21H22N2O2. The number of fused-ring (bicyclic) bond motifs is 1. The number of hydrogen-bond acceptors (Lipinski definition) is 3. The maximum Gasteiger partial charge on any atom is 0.251 e. The summed E-state index contributed by atoms with van der Waals surface area (Å²) in [5, 5.41) is 0. The van der Waals surface area contributed by atoms with Crippen LogP contribution in [0.4, 0.5) is 5.69 Å². The first kappa shape index (κ1) is 16.0. The topological polar surface area (TPSA) is 40.6 Å². The van der Waals surface area contributed by atoms with Crippen molar-refractivity contribution in [1.29, 1.82) is 0 Å². The van der Waals surface area contributed by atoms with E-state index in [1.165, 1.54) is 16.0 Å². The second-order valence-corrected chi connectivity index (χ2v) is 7.07. The summed E-state index contributed by atoms with van der Waals surface area (Å²) in [6.07, 6.45) is 1.20. The number of imide groups is 1. The van der Waals surface area contributed by atoms with Crippen LogP contribution in [0.15, 0.2) is 42.5 Å². The number of benzene rings is 2. The summed E-state index contributed by atoms with van der Waals surface area (Å²) in [4.78, 5) is 29.2. The maximum absolute atomic E-state index is 13.1. The summed E-state index contributed by atoms with van der Waals surface area (Å²) < 4.78 is 0. The van der Waals surface area contributed by atoms with Crippen molar-refractivity contribution < 1.29 is 9.59 Å². The molecule has 0 N–H and O–H groups in total. The molecule has 0 radical (unpaired) electrons. The number of hydrogen-bond donors (Lipinski definition) is 0. The van der Waals surface area contributed by atoms with E-state index in [0.717, 1.165) is 36.3 Å². The lowest BCUT2D eigenvalue weighted by Crippen LogP contribution is -2.44. The molecule has 0 bridgehead atoms. The van der Waals surface area contributed by atoms with Gasteiger partial charge in [-0.1, -0.05) is 36.4 Å². The lowest BCUT2D eigenvalue weighted by atomic mass is 9.98. The highest BCUT2D eigenvalue weighted by molar-refractivity contribution is 6.22. The van der Waals surface area contributed by atoms with Gasteiger partial charge in [-0.25, -0.2) is 4.90 Å². The Kier molecular flexibility index (Phi) is 3.92. The molecule has 4 nitrogen and oxygen atoms in total. The lowest BCUT2D eigenvalue weighted by Gasteiger charge is -2.32. The van der Waals surface area contributed by atoms with E-state index in [9.17, 15) is 9.59 Å². The van der Waals surface area contributed by atoms with Crippen LogP contribution in [-0.4, -0.2) is 29.3 Å². The Balaban J connectivity index is 1.61. The number of amides is 2. The normalized spacial score (nSPS) is 20.9. The lowest BCUT2D eigenvalue weighted by molar-refractivity contribution is -0.123. The van der Waals surface area contributed by atoms with Gasteiger partial charge < -0.3 is 0 Å². The second-order valence-electron chi connectivity index (χ2n) is 7.07. The van der Waals surface area contributed by atoms with Gasteiger partial charge in [-0.2, -0.15) is 0 Å². The molecular weight excluding hydrogens is 312 g/mol. The van der Waals surface area contributed by atoms with Crippen LogP contribution < -0.4 is 4.90 Å². The van der Waals surface area contributed by atoms with Crippen molar-refractivity contribution in [2.24, 2.45) is 0 Å². The summed E-state index contributed by atoms with van der Waals surface area (Å²) in [6, 6.07) is 13.9. The fraction of sp³-hybridized carbons (Fsp3) is 0.333. The molecule has 1 saturated heterocycles. The van der Waals surface area contributed by atoms with Gasteiger partial charge in [0.15, 0.2) is 0 Å². The van der Waals surface area contributed by atoms with E-state index in [4.69, 9.17) is 0 Å². The fourth-order valence-electron chi connectivity index (χ4n) is 3.90. The Morgan fingerprint density at radius 2 is 1.76 bits per heavy atom. The molecule has 128 valence electrons. The quantitative estimate of drug-likeness (QED) is 0.793. The van der Waals surface area contributed by atoms with Crippen LogP contribution in [0.5, 0.6) is 0 Å². The number of rotatable bonds is 2. The van der Waals surface area contributed by atoms with Crippen molar-refractivity contribution in [2.45, 2.75) is 39.3 Å². The summed E-state index contributed by atoms with van der Waals surface area (Å²) in [5.74, 6) is -0.180. The van der Waals surface area contributed by atoms with E-state index in [0.29, 0.717) is 0 Å². The van der Waals surface area contributed by atoms with E-state index in [1.807, 2.05) is 38.1 Å². The van der Waals surface area contributed by atoms with Crippen LogP contribution in [0.1, 0.15) is 28.7 Å². The first-order valence-electron chi connectivity index (χ1n) is 8.79. The number of nitrogens with zero attached hydrogens (tertiary/aromatic N) is 2. The molecule has 0 aliphatic carbocycles. The number of carbonyl (C=O) groups is 2. The highest BCUT2D eigenvalue weighted by atomic mass is 16.2. The van der Waals surface area contributed by atoms with Crippen molar-refractivity contribution in [1.82, 2.24) is 4.90 Å². The van der Waals surface area contributed by atoms with Gasteiger partial charge in [0.2, 0.25) is 5.91 Å². The van der Waals surface area contributed by atoms with Gasteiger partial charge in [0.05, 0.1) is 18.2 Å². The Morgan fingerprint density at radius 1 is 1.00 bits per heavy atom. The number of carbonyl (C=O) groups excluding carboxylic acids is 2. The molecule has 0 unspecified atom stereocenters. The highest BCUT2D eigenvalue weighted by Crippen LogP contribution is 2.31. The summed E-state index contributed by atoms with van der Waals surface area (Å²) >= 11 is 0. The van der Waals surface area contributed by atoms with Crippen LogP contribution in [0, 0.1) is 13.8 Å². The van der Waals surface area contributed by atoms with E-state index >= 15 is 0 Å². The van der Waals surface area contributed by atoms with E-state index in [2.05, 4.69) is 23.1 Å². The molecule has 2 aromatic carbocycles. The average molecular weight is 334 g/mol. The molecule has 4 rings (SSSR count). The van der Waals surface area contributed by atoms with Gasteiger partial charge in [0.1, 0.15) is 0 Å². The minimum absolute atomic E-state index is 0.0851. The minimum Gasteiger partial charge on any atom is -0.287 e. The Hall–Kier alpha value is -2.46. The Labute approximate surface area is 148 Å². The van der Waals surface area contributed by atoms with Crippen LogP contribution >= 0.6 is 0 Å². The SMILES string of the molecule is Cc1ccc(C)c(N2C(=O)C[C@H](N3CCc4ccccc4C3)C2=O)c1. The molecule has 2 aliphatic rings. The molecule has 25 heavy (non-hydrogen) atoms. The first-order chi connectivity index (χ1) is 12.0. The molecule has 2 aliphatic heterocycles. The van der Waals surface area contributed by atoms with E-state index in [1.54, 1.807) is 0 Å². The Morgan fingerprint density at radius 3 is 2.56 bits per heavy atom. The molecule has 2 heterocycles. The average Bonchev–Trinajstić information content (AvgIpc) is 2.91. The molecule has 4 heteroatoms. The van der Waals surface area contributed by atoms with Gasteiger partial charge in [0.25, 0.3) is 5.91 Å². The largest absolute Gasteiger partial charge is 0.287 e. The summed E-state index contributed by atoms with van der Waals surface area (Å²) in [7, 11) is 0. The van der Waals surface area contributed by atoms with Crippen LogP contribution in [0.3, 0.4) is 0 Å². The summed E-state index contributed by atoms with van der Waals surface area (Å²) in [6.45, 7) is 5.48. The minimum atomic E-state index is -0.347. The molecule has 1 atom stereocenters. The third-order valence-corrected chi connectivity index (χ3v) is 5.33. The molecule has 0 spiro atoms. The molecule has 0 aromatic heterocycles. The molecule has 2 aromatic rings. The third-order valence-electron chi connectivity index (χ3n) is 5.33. The number of anilines is 1. The monoisotopic (exact) mass is 334 g/mol. The molecule has 0 saturated carbocycles. The standard InChI is InChI=1S/C21H22N2O2/c1-14-7-8-15(2)18(11-14)23-20(24)12-19(21(23)25)22-10-9-16-5-3-4-6-17(16)13-22/h3-8,11,19H,9-10,12-13H2,1-2H3/t19-/m0/s1. The molecule has 2 amide bonds. The van der Waals surface area contributed by atoms with Crippen molar-refractivity contribution in [3.63, 3.8) is 0 Å². The maximum atomic E-state index is 13.1. The summed E-state index contributed by atoms with van der Waals surface area (Å²) in [5.41, 5.74) is 5.35. The van der Waals surface area contributed by atoms with Crippen molar-refractivity contribution in [3.8, 4) is 0 Å². The van der Waals surface area contributed by atoms with Gasteiger partial charge in [-0.3, -0.25) is 14.5 Å². The predicted octanol–water partition coefficient (Wildman–Crippen LogP) is 2.99.